The summed E-state index contributed by atoms with van der Waals surface area (Å²) in [4.78, 5) is 43.4. The van der Waals surface area contributed by atoms with Gasteiger partial charge in [0.25, 0.3) is 0 Å². The molecule has 0 bridgehead atoms. The third-order valence-corrected chi connectivity index (χ3v) is 8.68. The molecule has 0 aromatic carbocycles. The average molecular weight is 704 g/mol. The monoisotopic (exact) mass is 703 g/mol. The summed E-state index contributed by atoms with van der Waals surface area (Å²) in [5.74, 6) is 0.189. The Hall–Kier alpha value is -5.04. The van der Waals surface area contributed by atoms with Crippen LogP contribution in [0, 0.1) is 0 Å². The largest absolute Gasteiger partial charge is 0.467 e. The fraction of sp³-hybridized carbons (Fsp3) is 0.400. The molecule has 5 rings (SSSR count). The number of carbonyl (C=O) groups excluding carboxylic acids is 1. The van der Waals surface area contributed by atoms with Gasteiger partial charge >= 0.3 is 18.3 Å². The topological polar surface area (TPSA) is 184 Å². The van der Waals surface area contributed by atoms with Crippen molar-refractivity contribution in [2.24, 2.45) is 0 Å². The summed E-state index contributed by atoms with van der Waals surface area (Å²) in [6, 6.07) is 0.697. The lowest BCUT2D eigenvalue weighted by Gasteiger charge is -2.35. The van der Waals surface area contributed by atoms with E-state index in [9.17, 15) is 26.4 Å². The highest BCUT2D eigenvalue weighted by Crippen LogP contribution is 2.37. The summed E-state index contributed by atoms with van der Waals surface area (Å²) in [6.45, 7) is 0.218. The first kappa shape index (κ1) is 35.3. The van der Waals surface area contributed by atoms with Crippen molar-refractivity contribution in [1.29, 1.82) is 0 Å². The molecule has 1 fully saturated rings. The van der Waals surface area contributed by atoms with Gasteiger partial charge in [-0.1, -0.05) is 0 Å². The molecule has 260 valence electrons. The zero-order valence-electron chi connectivity index (χ0n) is 26.6. The lowest BCUT2D eigenvalue weighted by Crippen LogP contribution is -2.45. The van der Waals surface area contributed by atoms with Gasteiger partial charge in [-0.25, -0.2) is 38.1 Å². The SMILES string of the molecule is COCCOC(=O)N(c1cnc(-c2cnc(OC)nc2)cn1)C1CCC(Nc2ncc(C(F)(F)F)c(-c3cncc(S(C)(=O)=O)c3)n2)CC1. The van der Waals surface area contributed by atoms with Crippen molar-refractivity contribution in [1.82, 2.24) is 34.9 Å². The minimum atomic E-state index is -4.81. The predicted octanol–water partition coefficient (Wildman–Crippen LogP) is 4.23. The van der Waals surface area contributed by atoms with Gasteiger partial charge in [0, 0.05) is 67.6 Å². The van der Waals surface area contributed by atoms with Crippen molar-refractivity contribution >= 4 is 27.7 Å². The van der Waals surface area contributed by atoms with Gasteiger partial charge in [0.1, 0.15) is 12.2 Å². The van der Waals surface area contributed by atoms with E-state index in [0.29, 0.717) is 43.1 Å². The van der Waals surface area contributed by atoms with Gasteiger partial charge in [0.05, 0.1) is 42.4 Å². The maximum Gasteiger partial charge on any atom is 0.419 e. The van der Waals surface area contributed by atoms with Crippen LogP contribution in [-0.2, 0) is 25.5 Å². The van der Waals surface area contributed by atoms with Crippen LogP contribution in [0.4, 0.5) is 29.7 Å². The number of aromatic nitrogens is 7. The molecule has 1 aliphatic rings. The first-order valence-corrected chi connectivity index (χ1v) is 16.8. The number of nitrogens with zero attached hydrogens (tertiary/aromatic N) is 8. The molecule has 0 radical (unpaired) electrons. The molecule has 15 nitrogen and oxygen atoms in total. The Bertz CT molecular complexity index is 1860. The summed E-state index contributed by atoms with van der Waals surface area (Å²) < 4.78 is 81.2. The molecule has 0 unspecified atom stereocenters. The molecule has 0 aliphatic heterocycles. The molecule has 4 aromatic heterocycles. The molecule has 4 aromatic rings. The van der Waals surface area contributed by atoms with Gasteiger partial charge in [0.15, 0.2) is 15.7 Å². The lowest BCUT2D eigenvalue weighted by atomic mass is 9.90. The van der Waals surface area contributed by atoms with E-state index >= 15 is 0 Å². The minimum absolute atomic E-state index is 0.0215. The van der Waals surface area contributed by atoms with Crippen molar-refractivity contribution < 1.29 is 40.6 Å². The number of pyridine rings is 1. The molecule has 1 aliphatic carbocycles. The fourth-order valence-electron chi connectivity index (χ4n) is 5.15. The van der Waals surface area contributed by atoms with Gasteiger partial charge in [-0.05, 0) is 31.7 Å². The van der Waals surface area contributed by atoms with E-state index in [1.54, 1.807) is 0 Å². The molecule has 0 spiro atoms. The van der Waals surface area contributed by atoms with Crippen molar-refractivity contribution in [3.05, 3.63) is 55.0 Å². The number of hydrogen-bond donors (Lipinski definition) is 1. The van der Waals surface area contributed by atoms with Crippen LogP contribution in [0.15, 0.2) is 54.3 Å². The van der Waals surface area contributed by atoms with E-state index < -0.39 is 33.4 Å². The summed E-state index contributed by atoms with van der Waals surface area (Å²) in [5, 5.41) is 3.09. The Morgan fingerprint density at radius 2 is 1.65 bits per heavy atom. The van der Waals surface area contributed by atoms with E-state index in [4.69, 9.17) is 14.2 Å². The first-order chi connectivity index (χ1) is 23.4. The van der Waals surface area contributed by atoms with Crippen LogP contribution in [0.3, 0.4) is 0 Å². The van der Waals surface area contributed by atoms with Crippen LogP contribution in [0.2, 0.25) is 0 Å². The van der Waals surface area contributed by atoms with Crippen LogP contribution in [0.1, 0.15) is 31.2 Å². The number of hydrogen-bond acceptors (Lipinski definition) is 14. The number of carbonyl (C=O) groups is 1. The van der Waals surface area contributed by atoms with Crippen LogP contribution < -0.4 is 15.0 Å². The van der Waals surface area contributed by atoms with E-state index in [-0.39, 0.29) is 53.5 Å². The third kappa shape index (κ3) is 8.71. The number of halogens is 3. The number of rotatable bonds is 11. The second-order valence-electron chi connectivity index (χ2n) is 11.0. The minimum Gasteiger partial charge on any atom is -0.467 e. The Morgan fingerprint density at radius 1 is 0.918 bits per heavy atom. The fourth-order valence-corrected chi connectivity index (χ4v) is 5.74. The number of ether oxygens (including phenoxy) is 3. The maximum absolute atomic E-state index is 13.9. The quantitative estimate of drug-likeness (QED) is 0.219. The summed E-state index contributed by atoms with van der Waals surface area (Å²) in [7, 11) is -0.802. The second-order valence-corrected chi connectivity index (χ2v) is 13.0. The summed E-state index contributed by atoms with van der Waals surface area (Å²) in [6.07, 6.45) is 6.25. The van der Waals surface area contributed by atoms with Crippen molar-refractivity contribution in [2.75, 3.05) is 43.9 Å². The molecular formula is C30H32F3N9O6S. The molecule has 1 saturated carbocycles. The molecule has 1 N–H and O–H groups in total. The van der Waals surface area contributed by atoms with Gasteiger partial charge in [-0.15, -0.1) is 0 Å². The van der Waals surface area contributed by atoms with Crippen LogP contribution in [-0.4, -0.2) is 95.2 Å². The second kappa shape index (κ2) is 15.0. The number of anilines is 2. The Morgan fingerprint density at radius 3 is 2.27 bits per heavy atom. The number of sulfone groups is 1. The number of amides is 1. The number of nitrogens with one attached hydrogen (secondary N) is 1. The molecular weight excluding hydrogens is 671 g/mol. The maximum atomic E-state index is 13.9. The lowest BCUT2D eigenvalue weighted by molar-refractivity contribution is -0.137. The molecule has 1 amide bonds. The van der Waals surface area contributed by atoms with E-state index in [1.165, 1.54) is 43.9 Å². The first-order valence-electron chi connectivity index (χ1n) is 14.9. The summed E-state index contributed by atoms with van der Waals surface area (Å²) in [5.41, 5.74) is -0.706. The number of alkyl halides is 3. The van der Waals surface area contributed by atoms with E-state index in [2.05, 4.69) is 40.2 Å². The van der Waals surface area contributed by atoms with Crippen molar-refractivity contribution in [2.45, 2.75) is 48.8 Å². The molecule has 0 saturated heterocycles. The Balaban J connectivity index is 1.33. The third-order valence-electron chi connectivity index (χ3n) is 7.61. The van der Waals surface area contributed by atoms with E-state index in [1.807, 2.05) is 0 Å². The van der Waals surface area contributed by atoms with Crippen LogP contribution in [0.5, 0.6) is 6.01 Å². The Kier molecular flexibility index (Phi) is 10.8. The predicted molar refractivity (Wildman–Crippen MR) is 168 cm³/mol. The standard InChI is InChI=1S/C30H32F3N9O6S/c1-46-8-9-48-29(43)42(25-17-35-24(16-36-25)19-12-38-28(47-2)39-13-19)21-6-4-20(5-7-21)40-27-37-15-23(30(31,32)33)26(41-27)18-10-22(14-34-11-18)49(3,44)45/h10-17,20-21H,4-9H2,1-3H3,(H,37,40,41). The molecule has 4 heterocycles. The zero-order chi connectivity index (χ0) is 35.2. The molecule has 19 heteroatoms. The van der Waals surface area contributed by atoms with Crippen molar-refractivity contribution in [3.63, 3.8) is 0 Å². The highest BCUT2D eigenvalue weighted by molar-refractivity contribution is 7.90. The highest BCUT2D eigenvalue weighted by Gasteiger charge is 2.37. The smallest absolute Gasteiger partial charge is 0.419 e. The average Bonchev–Trinajstić information content (AvgIpc) is 3.09. The van der Waals surface area contributed by atoms with Gasteiger partial charge in [-0.3, -0.25) is 14.9 Å². The normalized spacial score (nSPS) is 16.5. The molecule has 0 atom stereocenters. The van der Waals surface area contributed by atoms with Gasteiger partial charge in [0.2, 0.25) is 5.95 Å². The highest BCUT2D eigenvalue weighted by atomic mass is 32.2. The van der Waals surface area contributed by atoms with Crippen molar-refractivity contribution in [3.8, 4) is 28.5 Å². The van der Waals surface area contributed by atoms with Gasteiger partial charge < -0.3 is 19.5 Å². The van der Waals surface area contributed by atoms with Crippen LogP contribution in [0.25, 0.3) is 22.5 Å². The number of methoxy groups -OCH3 is 2. The summed E-state index contributed by atoms with van der Waals surface area (Å²) >= 11 is 0. The zero-order valence-corrected chi connectivity index (χ0v) is 27.4. The van der Waals surface area contributed by atoms with Crippen LogP contribution >= 0.6 is 0 Å². The molecule has 49 heavy (non-hydrogen) atoms. The van der Waals surface area contributed by atoms with E-state index in [0.717, 1.165) is 24.7 Å². The van der Waals surface area contributed by atoms with Gasteiger partial charge in [-0.2, -0.15) is 13.2 Å². The Labute approximate surface area is 279 Å².